The van der Waals surface area contributed by atoms with Crippen LogP contribution in [0.4, 0.5) is 0 Å². The van der Waals surface area contributed by atoms with Gasteiger partial charge in [0.1, 0.15) is 0 Å². The van der Waals surface area contributed by atoms with Crippen molar-refractivity contribution in [2.45, 2.75) is 43.3 Å². The third-order valence-electron chi connectivity index (χ3n) is 5.41. The largest absolute Gasteiger partial charge is 0.343 e. The Morgan fingerprint density at radius 2 is 1.80 bits per heavy atom. The van der Waals surface area contributed by atoms with Gasteiger partial charge < -0.3 is 10.6 Å². The predicted octanol–water partition coefficient (Wildman–Crippen LogP) is 4.14. The Morgan fingerprint density at radius 1 is 1.16 bits per heavy atom. The lowest BCUT2D eigenvalue weighted by molar-refractivity contribution is 0.0907. The number of hydrogen-bond acceptors (Lipinski definition) is 3. The number of amides is 1. The van der Waals surface area contributed by atoms with Gasteiger partial charge in [-0.05, 0) is 31.2 Å². The number of hydrogen-bond donors (Lipinski definition) is 2. The first-order chi connectivity index (χ1) is 12.1. The molecule has 1 aromatic carbocycles. The number of nitrogens with one attached hydrogen (secondary N) is 2. The molecule has 0 saturated carbocycles. The molecular formula is C19H19Cl2N3O. The molecule has 1 amide bonds. The summed E-state index contributed by atoms with van der Waals surface area (Å²) in [5.41, 5.74) is 1.27. The van der Waals surface area contributed by atoms with Gasteiger partial charge in [0.15, 0.2) is 0 Å². The van der Waals surface area contributed by atoms with Crippen molar-refractivity contribution in [2.24, 2.45) is 0 Å². The average Bonchev–Trinajstić information content (AvgIpc) is 3.22. The van der Waals surface area contributed by atoms with Crippen LogP contribution in [0.25, 0.3) is 0 Å². The van der Waals surface area contributed by atoms with Gasteiger partial charge in [-0.3, -0.25) is 9.78 Å². The molecule has 0 spiro atoms. The van der Waals surface area contributed by atoms with Gasteiger partial charge in [-0.25, -0.2) is 0 Å². The molecular weight excluding hydrogens is 357 g/mol. The minimum absolute atomic E-state index is 0.104. The molecule has 0 radical (unpaired) electrons. The van der Waals surface area contributed by atoms with Gasteiger partial charge in [-0.2, -0.15) is 0 Å². The van der Waals surface area contributed by atoms with Gasteiger partial charge in [0.05, 0.1) is 21.7 Å². The van der Waals surface area contributed by atoms with E-state index in [2.05, 4.69) is 27.8 Å². The Labute approximate surface area is 156 Å². The maximum Gasteiger partial charge on any atom is 0.254 e. The molecule has 130 valence electrons. The molecule has 2 aliphatic heterocycles. The Balaban J connectivity index is 1.69. The molecule has 4 rings (SSSR count). The molecule has 2 saturated heterocycles. The fraction of sp³-hybridized carbons (Fsp3) is 0.368. The fourth-order valence-electron chi connectivity index (χ4n) is 4.22. The Kier molecular flexibility index (Phi) is 4.44. The Morgan fingerprint density at radius 3 is 2.36 bits per heavy atom. The highest BCUT2D eigenvalue weighted by Crippen LogP contribution is 2.45. The lowest BCUT2D eigenvalue weighted by Gasteiger charge is -2.36. The first-order valence-corrected chi connectivity index (χ1v) is 9.27. The number of rotatable bonds is 4. The van der Waals surface area contributed by atoms with Crippen molar-refractivity contribution in [2.75, 3.05) is 0 Å². The van der Waals surface area contributed by atoms with Crippen LogP contribution in [-0.2, 0) is 0 Å². The van der Waals surface area contributed by atoms with E-state index in [-0.39, 0.29) is 33.1 Å². The second-order valence-corrected chi connectivity index (χ2v) is 7.68. The molecule has 6 heteroatoms. The van der Waals surface area contributed by atoms with Crippen molar-refractivity contribution < 1.29 is 4.79 Å². The van der Waals surface area contributed by atoms with Crippen molar-refractivity contribution >= 4 is 29.1 Å². The summed E-state index contributed by atoms with van der Waals surface area (Å²) in [5.74, 6) is -0.266. The van der Waals surface area contributed by atoms with Gasteiger partial charge in [0, 0.05) is 24.0 Å². The van der Waals surface area contributed by atoms with Crippen LogP contribution in [-0.4, -0.2) is 22.5 Å². The van der Waals surface area contributed by atoms with Crippen molar-refractivity contribution in [3.05, 3.63) is 63.9 Å². The summed E-state index contributed by atoms with van der Waals surface area (Å²) in [7, 11) is 0. The highest BCUT2D eigenvalue weighted by Gasteiger charge is 2.50. The molecule has 2 fully saturated rings. The Bertz CT molecular complexity index is 768. The van der Waals surface area contributed by atoms with E-state index in [1.165, 1.54) is 12.4 Å². The highest BCUT2D eigenvalue weighted by atomic mass is 35.5. The number of nitrogens with zero attached hydrogens (tertiary/aromatic N) is 1. The van der Waals surface area contributed by atoms with E-state index >= 15 is 0 Å². The third kappa shape index (κ3) is 3.03. The van der Waals surface area contributed by atoms with Crippen molar-refractivity contribution in [1.82, 2.24) is 15.6 Å². The zero-order chi connectivity index (χ0) is 17.4. The number of benzene rings is 1. The molecule has 0 aliphatic carbocycles. The van der Waals surface area contributed by atoms with E-state index in [4.69, 9.17) is 23.2 Å². The number of aromatic nitrogens is 1. The van der Waals surface area contributed by atoms with Crippen LogP contribution in [0, 0.1) is 0 Å². The van der Waals surface area contributed by atoms with Crippen LogP contribution in [0.5, 0.6) is 0 Å². The van der Waals surface area contributed by atoms with Gasteiger partial charge in [0.25, 0.3) is 5.91 Å². The second-order valence-electron chi connectivity index (χ2n) is 6.87. The fourth-order valence-corrected chi connectivity index (χ4v) is 4.75. The van der Waals surface area contributed by atoms with Crippen molar-refractivity contribution in [1.29, 1.82) is 0 Å². The molecule has 2 aliphatic rings. The summed E-state index contributed by atoms with van der Waals surface area (Å²) in [6.45, 7) is 0. The molecule has 1 unspecified atom stereocenters. The molecule has 2 aromatic rings. The van der Waals surface area contributed by atoms with Crippen LogP contribution < -0.4 is 10.6 Å². The van der Waals surface area contributed by atoms with Gasteiger partial charge >= 0.3 is 0 Å². The van der Waals surface area contributed by atoms with Crippen molar-refractivity contribution in [3.8, 4) is 0 Å². The third-order valence-corrected chi connectivity index (χ3v) is 5.98. The number of halogens is 2. The predicted molar refractivity (Wildman–Crippen MR) is 99.0 cm³/mol. The van der Waals surface area contributed by atoms with E-state index in [0.29, 0.717) is 6.04 Å². The second kappa shape index (κ2) is 6.60. The molecule has 2 N–H and O–H groups in total. The topological polar surface area (TPSA) is 54.0 Å². The van der Waals surface area contributed by atoms with Crippen LogP contribution in [0.2, 0.25) is 10.0 Å². The van der Waals surface area contributed by atoms with Crippen LogP contribution in [0.15, 0.2) is 42.7 Å². The van der Waals surface area contributed by atoms with E-state index < -0.39 is 0 Å². The summed E-state index contributed by atoms with van der Waals surface area (Å²) in [6, 6.07) is 10.5. The van der Waals surface area contributed by atoms with E-state index in [1.54, 1.807) is 0 Å². The number of fused-ring (bicyclic) bond motifs is 2. The normalized spacial score (nSPS) is 25.8. The Hall–Kier alpha value is -1.62. The van der Waals surface area contributed by atoms with Gasteiger partial charge in [-0.15, -0.1) is 0 Å². The lowest BCUT2D eigenvalue weighted by Crippen LogP contribution is -2.50. The monoisotopic (exact) mass is 375 g/mol. The number of pyridine rings is 1. The highest BCUT2D eigenvalue weighted by molar-refractivity contribution is 6.39. The van der Waals surface area contributed by atoms with E-state index in [0.717, 1.165) is 31.2 Å². The van der Waals surface area contributed by atoms with Gasteiger partial charge in [0.2, 0.25) is 0 Å². The summed E-state index contributed by atoms with van der Waals surface area (Å²) < 4.78 is 0. The standard InChI is InChI=1S/C19H19Cl2N3O/c20-14-10-22-11-15(21)16(14)18(25)23-17(12-4-2-1-3-5-12)19-8-6-13(24-19)7-9-19/h1-5,10-11,13,17,24H,6-9H2,(H,23,25). The molecule has 4 nitrogen and oxygen atoms in total. The first-order valence-electron chi connectivity index (χ1n) is 8.51. The first kappa shape index (κ1) is 16.8. The maximum absolute atomic E-state index is 13.0. The molecule has 1 atom stereocenters. The summed E-state index contributed by atoms with van der Waals surface area (Å²) in [5, 5.41) is 7.45. The minimum Gasteiger partial charge on any atom is -0.343 e. The average molecular weight is 376 g/mol. The summed E-state index contributed by atoms with van der Waals surface area (Å²) in [6.07, 6.45) is 7.28. The molecule has 2 bridgehead atoms. The maximum atomic E-state index is 13.0. The van der Waals surface area contributed by atoms with Crippen LogP contribution in [0.3, 0.4) is 0 Å². The lowest BCUT2D eigenvalue weighted by atomic mass is 9.78. The van der Waals surface area contributed by atoms with E-state index in [9.17, 15) is 4.79 Å². The number of carbonyl (C=O) groups excluding carboxylic acids is 1. The SMILES string of the molecule is O=C(NC(c1ccccc1)C12CCC(CC1)N2)c1c(Cl)cncc1Cl. The minimum atomic E-state index is -0.266. The van der Waals surface area contributed by atoms with E-state index in [1.807, 2.05) is 18.2 Å². The quantitative estimate of drug-likeness (QED) is 0.843. The summed E-state index contributed by atoms with van der Waals surface area (Å²) in [4.78, 5) is 16.9. The molecule has 3 heterocycles. The summed E-state index contributed by atoms with van der Waals surface area (Å²) >= 11 is 12.3. The van der Waals surface area contributed by atoms with Gasteiger partial charge in [-0.1, -0.05) is 53.5 Å². The molecule has 25 heavy (non-hydrogen) atoms. The molecule has 1 aromatic heterocycles. The smallest absolute Gasteiger partial charge is 0.254 e. The van der Waals surface area contributed by atoms with Crippen molar-refractivity contribution in [3.63, 3.8) is 0 Å². The zero-order valence-corrected chi connectivity index (χ0v) is 15.1. The zero-order valence-electron chi connectivity index (χ0n) is 13.6. The van der Waals surface area contributed by atoms with Crippen LogP contribution in [0.1, 0.15) is 47.6 Å². The van der Waals surface area contributed by atoms with Crippen LogP contribution >= 0.6 is 23.2 Å². The number of carbonyl (C=O) groups is 1.